The Morgan fingerprint density at radius 1 is 0.952 bits per heavy atom. The fraction of sp³-hybridized carbons (Fsp3) is 0.133. The van der Waals surface area contributed by atoms with E-state index in [0.29, 0.717) is 30.4 Å². The lowest BCUT2D eigenvalue weighted by Crippen LogP contribution is -2.16. The maximum Gasteiger partial charge on any atom is 0.255 e. The van der Waals surface area contributed by atoms with E-state index in [1.54, 1.807) is 18.2 Å². The van der Waals surface area contributed by atoms with E-state index in [0.717, 1.165) is 0 Å². The molecule has 3 rings (SSSR count). The van der Waals surface area contributed by atoms with Gasteiger partial charge in [-0.3, -0.25) is 4.79 Å². The zero-order chi connectivity index (χ0) is 14.8. The second kappa shape index (κ2) is 5.24. The van der Waals surface area contributed by atoms with Gasteiger partial charge in [-0.25, -0.2) is 0 Å². The fourth-order valence-electron chi connectivity index (χ4n) is 1.99. The largest absolute Gasteiger partial charge is 0.504 e. The van der Waals surface area contributed by atoms with Crippen LogP contribution >= 0.6 is 0 Å². The van der Waals surface area contributed by atoms with Crippen LogP contribution in [0.4, 0.5) is 5.69 Å². The van der Waals surface area contributed by atoms with E-state index in [-0.39, 0.29) is 17.1 Å². The minimum absolute atomic E-state index is 0.236. The second-order valence-corrected chi connectivity index (χ2v) is 4.52. The number of nitrogens with one attached hydrogen (secondary N) is 1. The predicted molar refractivity (Wildman–Crippen MR) is 75.2 cm³/mol. The smallest absolute Gasteiger partial charge is 0.255 e. The fourth-order valence-corrected chi connectivity index (χ4v) is 1.99. The third-order valence-corrected chi connectivity index (χ3v) is 3.04. The Balaban J connectivity index is 1.79. The summed E-state index contributed by atoms with van der Waals surface area (Å²) in [6.07, 6.45) is 0. The molecule has 6 heteroatoms. The summed E-state index contributed by atoms with van der Waals surface area (Å²) >= 11 is 0. The zero-order valence-electron chi connectivity index (χ0n) is 11.0. The van der Waals surface area contributed by atoms with Gasteiger partial charge >= 0.3 is 0 Å². The Morgan fingerprint density at radius 3 is 2.48 bits per heavy atom. The molecule has 2 aromatic carbocycles. The van der Waals surface area contributed by atoms with Crippen molar-refractivity contribution in [2.24, 2.45) is 0 Å². The first-order valence-corrected chi connectivity index (χ1v) is 6.36. The number of hydrogen-bond donors (Lipinski definition) is 3. The average molecular weight is 287 g/mol. The Kier molecular flexibility index (Phi) is 3.27. The van der Waals surface area contributed by atoms with Crippen molar-refractivity contribution in [3.8, 4) is 23.0 Å². The second-order valence-electron chi connectivity index (χ2n) is 4.52. The van der Waals surface area contributed by atoms with Crippen LogP contribution < -0.4 is 14.8 Å². The van der Waals surface area contributed by atoms with Gasteiger partial charge in [0, 0.05) is 17.3 Å². The van der Waals surface area contributed by atoms with Crippen molar-refractivity contribution in [3.05, 3.63) is 42.0 Å². The molecule has 21 heavy (non-hydrogen) atoms. The third kappa shape index (κ3) is 2.69. The number of benzene rings is 2. The summed E-state index contributed by atoms with van der Waals surface area (Å²) in [6.45, 7) is 0.974. The molecule has 0 bridgehead atoms. The Labute approximate surface area is 120 Å². The number of phenolic OH excluding ortho intramolecular Hbond substituents is 2. The SMILES string of the molecule is O=C(Nc1ccc2c(c1)OCCO2)c1ccc(O)c(O)c1. The first-order valence-electron chi connectivity index (χ1n) is 6.36. The van der Waals surface area contributed by atoms with Crippen LogP contribution in [-0.2, 0) is 0 Å². The highest BCUT2D eigenvalue weighted by molar-refractivity contribution is 6.04. The maximum absolute atomic E-state index is 12.1. The van der Waals surface area contributed by atoms with Gasteiger partial charge in [0.1, 0.15) is 13.2 Å². The maximum atomic E-state index is 12.1. The zero-order valence-corrected chi connectivity index (χ0v) is 11.0. The number of aromatic hydroxyl groups is 2. The molecular weight excluding hydrogens is 274 g/mol. The molecule has 1 aliphatic rings. The quantitative estimate of drug-likeness (QED) is 0.736. The lowest BCUT2D eigenvalue weighted by Gasteiger charge is -2.19. The van der Waals surface area contributed by atoms with Crippen molar-refractivity contribution in [1.29, 1.82) is 0 Å². The van der Waals surface area contributed by atoms with E-state index in [1.165, 1.54) is 18.2 Å². The lowest BCUT2D eigenvalue weighted by molar-refractivity contribution is 0.102. The molecule has 1 amide bonds. The summed E-state index contributed by atoms with van der Waals surface area (Å²) in [5.41, 5.74) is 0.789. The summed E-state index contributed by atoms with van der Waals surface area (Å²) in [4.78, 5) is 12.1. The number of amides is 1. The lowest BCUT2D eigenvalue weighted by atomic mass is 10.2. The third-order valence-electron chi connectivity index (χ3n) is 3.04. The summed E-state index contributed by atoms with van der Waals surface area (Å²) in [5, 5.41) is 21.3. The Hall–Kier alpha value is -2.89. The van der Waals surface area contributed by atoms with Crippen LogP contribution in [0.5, 0.6) is 23.0 Å². The van der Waals surface area contributed by atoms with Crippen molar-refractivity contribution in [3.63, 3.8) is 0 Å². The predicted octanol–water partition coefficient (Wildman–Crippen LogP) is 2.12. The number of hydrogen-bond acceptors (Lipinski definition) is 5. The topological polar surface area (TPSA) is 88.0 Å². The number of ether oxygens (including phenoxy) is 2. The number of rotatable bonds is 2. The molecule has 0 unspecified atom stereocenters. The van der Waals surface area contributed by atoms with Crippen LogP contribution in [0.15, 0.2) is 36.4 Å². The number of anilines is 1. The van der Waals surface area contributed by atoms with Crippen LogP contribution in [0, 0.1) is 0 Å². The molecular formula is C15H13NO5. The average Bonchev–Trinajstić information content (AvgIpc) is 2.50. The Morgan fingerprint density at radius 2 is 1.71 bits per heavy atom. The molecule has 1 aliphatic heterocycles. The molecule has 2 aromatic rings. The van der Waals surface area contributed by atoms with E-state index in [9.17, 15) is 15.0 Å². The van der Waals surface area contributed by atoms with E-state index in [2.05, 4.69) is 5.32 Å². The van der Waals surface area contributed by atoms with Gasteiger partial charge in [-0.15, -0.1) is 0 Å². The number of carbonyl (C=O) groups excluding carboxylic acids is 1. The number of fused-ring (bicyclic) bond motifs is 1. The molecule has 6 nitrogen and oxygen atoms in total. The van der Waals surface area contributed by atoms with Gasteiger partial charge in [0.15, 0.2) is 23.0 Å². The standard InChI is InChI=1S/C15H13NO5/c17-11-3-1-9(7-12(11)18)15(19)16-10-2-4-13-14(8-10)21-6-5-20-13/h1-4,7-8,17-18H,5-6H2,(H,16,19). The van der Waals surface area contributed by atoms with Crippen LogP contribution in [0.25, 0.3) is 0 Å². The molecule has 1 heterocycles. The molecule has 0 aromatic heterocycles. The van der Waals surface area contributed by atoms with Gasteiger partial charge in [-0.05, 0) is 30.3 Å². The van der Waals surface area contributed by atoms with Gasteiger partial charge in [0.2, 0.25) is 0 Å². The number of carbonyl (C=O) groups is 1. The number of phenols is 2. The van der Waals surface area contributed by atoms with Crippen LogP contribution in [-0.4, -0.2) is 29.3 Å². The minimum Gasteiger partial charge on any atom is -0.504 e. The molecule has 0 radical (unpaired) electrons. The van der Waals surface area contributed by atoms with Crippen molar-refractivity contribution in [2.75, 3.05) is 18.5 Å². The van der Waals surface area contributed by atoms with E-state index in [4.69, 9.17) is 9.47 Å². The molecule has 3 N–H and O–H groups in total. The molecule has 0 atom stereocenters. The molecule has 0 saturated heterocycles. The highest BCUT2D eigenvalue weighted by Crippen LogP contribution is 2.33. The monoisotopic (exact) mass is 287 g/mol. The van der Waals surface area contributed by atoms with Crippen molar-refractivity contribution in [2.45, 2.75) is 0 Å². The van der Waals surface area contributed by atoms with Crippen molar-refractivity contribution < 1.29 is 24.5 Å². The summed E-state index contributed by atoms with van der Waals surface area (Å²) in [5.74, 6) is 0.201. The normalized spacial score (nSPS) is 12.8. The van der Waals surface area contributed by atoms with Crippen LogP contribution in [0.3, 0.4) is 0 Å². The highest BCUT2D eigenvalue weighted by Gasteiger charge is 2.14. The Bertz CT molecular complexity index is 698. The van der Waals surface area contributed by atoms with Crippen LogP contribution in [0.2, 0.25) is 0 Å². The highest BCUT2D eigenvalue weighted by atomic mass is 16.6. The summed E-state index contributed by atoms with van der Waals surface area (Å²) in [6, 6.07) is 8.97. The molecule has 108 valence electrons. The van der Waals surface area contributed by atoms with Gasteiger partial charge in [-0.2, -0.15) is 0 Å². The van der Waals surface area contributed by atoms with Gasteiger partial charge < -0.3 is 25.0 Å². The molecule has 0 fully saturated rings. The first kappa shape index (κ1) is 13.1. The van der Waals surface area contributed by atoms with E-state index in [1.807, 2.05) is 0 Å². The molecule has 0 aliphatic carbocycles. The van der Waals surface area contributed by atoms with Crippen molar-refractivity contribution >= 4 is 11.6 Å². The summed E-state index contributed by atoms with van der Waals surface area (Å²) < 4.78 is 10.8. The van der Waals surface area contributed by atoms with Gasteiger partial charge in [-0.1, -0.05) is 0 Å². The van der Waals surface area contributed by atoms with E-state index < -0.39 is 5.91 Å². The summed E-state index contributed by atoms with van der Waals surface area (Å²) in [7, 11) is 0. The van der Waals surface area contributed by atoms with E-state index >= 15 is 0 Å². The molecule has 0 spiro atoms. The van der Waals surface area contributed by atoms with Gasteiger partial charge in [0.25, 0.3) is 5.91 Å². The van der Waals surface area contributed by atoms with Crippen LogP contribution in [0.1, 0.15) is 10.4 Å². The van der Waals surface area contributed by atoms with Gasteiger partial charge in [0.05, 0.1) is 0 Å². The minimum atomic E-state index is -0.401. The van der Waals surface area contributed by atoms with Crippen molar-refractivity contribution in [1.82, 2.24) is 0 Å². The first-order chi connectivity index (χ1) is 10.1. The molecule has 0 saturated carbocycles.